The van der Waals surface area contributed by atoms with E-state index in [9.17, 15) is 4.79 Å². The first kappa shape index (κ1) is 15.4. The number of carbonyl (C=O) groups excluding carboxylic acids is 1. The number of hydrogen-bond acceptors (Lipinski definition) is 3. The predicted molar refractivity (Wildman–Crippen MR) is 98.0 cm³/mol. The number of fused-ring (bicyclic) bond motifs is 1. The van der Waals surface area contributed by atoms with Gasteiger partial charge in [-0.05, 0) is 23.3 Å². The molecule has 2 aromatic rings. The van der Waals surface area contributed by atoms with Gasteiger partial charge in [0.2, 0.25) is 11.9 Å². The van der Waals surface area contributed by atoms with Gasteiger partial charge in [-0.3, -0.25) is 15.1 Å². The van der Waals surface area contributed by atoms with Crippen molar-refractivity contribution in [2.45, 2.75) is 18.4 Å². The van der Waals surface area contributed by atoms with E-state index >= 15 is 0 Å². The molecule has 2 unspecified atom stereocenters. The maximum Gasteiger partial charge on any atom is 0.223 e. The molecule has 2 aliphatic heterocycles. The van der Waals surface area contributed by atoms with Crippen LogP contribution in [0.15, 0.2) is 64.1 Å². The Kier molecular flexibility index (Phi) is 3.68. The number of nitrogens with zero attached hydrogens (tertiary/aromatic N) is 2. The van der Waals surface area contributed by atoms with Crippen molar-refractivity contribution in [1.82, 2.24) is 10.2 Å². The Bertz CT molecular complexity index is 820. The maximum atomic E-state index is 11.4. The van der Waals surface area contributed by atoms with E-state index in [2.05, 4.69) is 68.6 Å². The topological polar surface area (TPSA) is 44.5 Å². The molecule has 24 heavy (non-hydrogen) atoms. The molecule has 0 radical (unpaired) electrons. The number of benzene rings is 2. The van der Waals surface area contributed by atoms with E-state index in [1.807, 2.05) is 12.1 Å². The van der Waals surface area contributed by atoms with Crippen LogP contribution in [0.5, 0.6) is 0 Å². The Morgan fingerprint density at radius 2 is 1.96 bits per heavy atom. The van der Waals surface area contributed by atoms with E-state index in [4.69, 9.17) is 4.99 Å². The second kappa shape index (κ2) is 5.74. The van der Waals surface area contributed by atoms with Crippen LogP contribution in [0.2, 0.25) is 0 Å². The van der Waals surface area contributed by atoms with Crippen LogP contribution in [0, 0.1) is 0 Å². The fourth-order valence-corrected chi connectivity index (χ4v) is 4.09. The SMILES string of the molecule is CC(=O)NC1=NCC(c2ccccc2)(c2cccc(Br)c2)C2CN12. The molecule has 2 aliphatic rings. The lowest BCUT2D eigenvalue weighted by molar-refractivity contribution is -0.117. The van der Waals surface area contributed by atoms with Gasteiger partial charge < -0.3 is 4.90 Å². The number of carbonyl (C=O) groups is 1. The molecule has 2 atom stereocenters. The molecule has 2 aromatic carbocycles. The summed E-state index contributed by atoms with van der Waals surface area (Å²) in [4.78, 5) is 18.3. The first-order valence-electron chi connectivity index (χ1n) is 8.01. The summed E-state index contributed by atoms with van der Waals surface area (Å²) in [6.45, 7) is 3.05. The van der Waals surface area contributed by atoms with Crippen molar-refractivity contribution in [1.29, 1.82) is 0 Å². The highest BCUT2D eigenvalue weighted by Gasteiger charge is 2.57. The van der Waals surface area contributed by atoms with Crippen LogP contribution < -0.4 is 5.32 Å². The lowest BCUT2D eigenvalue weighted by atomic mass is 9.71. The minimum Gasteiger partial charge on any atom is -0.334 e. The fraction of sp³-hybridized carbons (Fsp3) is 0.263. The van der Waals surface area contributed by atoms with Gasteiger partial charge in [-0.2, -0.15) is 0 Å². The fourth-order valence-electron chi connectivity index (χ4n) is 3.70. The van der Waals surface area contributed by atoms with Gasteiger partial charge in [0.1, 0.15) is 0 Å². The summed E-state index contributed by atoms with van der Waals surface area (Å²) in [7, 11) is 0. The molecule has 4 rings (SSSR count). The highest BCUT2D eigenvalue weighted by molar-refractivity contribution is 9.10. The Morgan fingerprint density at radius 3 is 2.67 bits per heavy atom. The van der Waals surface area contributed by atoms with E-state index in [1.165, 1.54) is 18.1 Å². The van der Waals surface area contributed by atoms with Crippen molar-refractivity contribution in [2.75, 3.05) is 13.1 Å². The molecule has 1 amide bonds. The molecule has 0 saturated carbocycles. The first-order valence-corrected chi connectivity index (χ1v) is 8.81. The van der Waals surface area contributed by atoms with E-state index < -0.39 is 0 Å². The quantitative estimate of drug-likeness (QED) is 0.810. The van der Waals surface area contributed by atoms with Crippen molar-refractivity contribution < 1.29 is 4.79 Å². The van der Waals surface area contributed by atoms with Gasteiger partial charge in [-0.15, -0.1) is 0 Å². The molecular weight excluding hydrogens is 366 g/mol. The van der Waals surface area contributed by atoms with Crippen LogP contribution in [-0.4, -0.2) is 35.9 Å². The molecule has 0 aromatic heterocycles. The third-order valence-corrected chi connectivity index (χ3v) is 5.34. The molecule has 4 nitrogen and oxygen atoms in total. The Labute approximate surface area is 149 Å². The predicted octanol–water partition coefficient (Wildman–Crippen LogP) is 2.93. The molecule has 0 bridgehead atoms. The number of hydrogen-bond donors (Lipinski definition) is 1. The third-order valence-electron chi connectivity index (χ3n) is 4.85. The molecule has 122 valence electrons. The highest BCUT2D eigenvalue weighted by atomic mass is 79.9. The third kappa shape index (κ3) is 2.44. The zero-order valence-corrected chi connectivity index (χ0v) is 15.0. The second-order valence-corrected chi connectivity index (χ2v) is 7.25. The van der Waals surface area contributed by atoms with Crippen LogP contribution in [0.3, 0.4) is 0 Å². The number of aliphatic imine (C=N–C) groups is 1. The number of rotatable bonds is 2. The average Bonchev–Trinajstić information content (AvgIpc) is 3.37. The summed E-state index contributed by atoms with van der Waals surface area (Å²) in [6, 6.07) is 19.3. The molecular formula is C19H18BrN3O. The Morgan fingerprint density at radius 1 is 1.21 bits per heavy atom. The summed E-state index contributed by atoms with van der Waals surface area (Å²) < 4.78 is 1.07. The van der Waals surface area contributed by atoms with E-state index in [-0.39, 0.29) is 11.3 Å². The van der Waals surface area contributed by atoms with Gasteiger partial charge in [0.05, 0.1) is 18.0 Å². The summed E-state index contributed by atoms with van der Waals surface area (Å²) in [6.07, 6.45) is 0. The normalized spacial score (nSPS) is 24.8. The second-order valence-electron chi connectivity index (χ2n) is 6.34. The molecule has 0 aliphatic carbocycles. The van der Waals surface area contributed by atoms with Crippen molar-refractivity contribution >= 4 is 27.8 Å². The van der Waals surface area contributed by atoms with E-state index in [1.54, 1.807) is 0 Å². The minimum absolute atomic E-state index is 0.0749. The number of halogens is 1. The Hall–Kier alpha value is -2.14. The summed E-state index contributed by atoms with van der Waals surface area (Å²) in [5.74, 6) is 0.628. The van der Waals surface area contributed by atoms with Gasteiger partial charge in [0, 0.05) is 17.9 Å². The van der Waals surface area contributed by atoms with Crippen molar-refractivity contribution in [3.05, 3.63) is 70.2 Å². The lowest BCUT2D eigenvalue weighted by Gasteiger charge is -2.37. The van der Waals surface area contributed by atoms with Gasteiger partial charge in [-0.1, -0.05) is 58.4 Å². The standard InChI is InChI=1S/C19H18BrN3O/c1-13(24)22-18-21-12-19(17-11-23(17)18,14-6-3-2-4-7-14)15-8-5-9-16(20)10-15/h2-10,17H,11-12H2,1H3,(H,21,22,24). The Balaban J connectivity index is 1.83. The van der Waals surface area contributed by atoms with Gasteiger partial charge in [-0.25, -0.2) is 0 Å². The minimum atomic E-state index is -0.187. The summed E-state index contributed by atoms with van der Waals surface area (Å²) in [5.41, 5.74) is 2.33. The van der Waals surface area contributed by atoms with Crippen LogP contribution in [-0.2, 0) is 10.2 Å². The smallest absolute Gasteiger partial charge is 0.223 e. The first-order chi connectivity index (χ1) is 11.6. The summed E-state index contributed by atoms with van der Waals surface area (Å²) in [5, 5.41) is 2.85. The highest BCUT2D eigenvalue weighted by Crippen LogP contribution is 2.47. The molecule has 5 heteroatoms. The van der Waals surface area contributed by atoms with Crippen LogP contribution in [0.25, 0.3) is 0 Å². The molecule has 2 heterocycles. The van der Waals surface area contributed by atoms with Crippen LogP contribution in [0.4, 0.5) is 0 Å². The molecule has 1 saturated heterocycles. The van der Waals surface area contributed by atoms with Crippen LogP contribution >= 0.6 is 15.9 Å². The monoisotopic (exact) mass is 383 g/mol. The van der Waals surface area contributed by atoms with E-state index in [0.29, 0.717) is 18.5 Å². The average molecular weight is 384 g/mol. The van der Waals surface area contributed by atoms with Crippen LogP contribution in [0.1, 0.15) is 18.1 Å². The zero-order valence-electron chi connectivity index (χ0n) is 13.4. The zero-order chi connectivity index (χ0) is 16.7. The lowest BCUT2D eigenvalue weighted by Crippen LogP contribution is -2.47. The summed E-state index contributed by atoms with van der Waals surface area (Å²) >= 11 is 3.60. The largest absolute Gasteiger partial charge is 0.334 e. The van der Waals surface area contributed by atoms with Crippen molar-refractivity contribution in [3.63, 3.8) is 0 Å². The number of nitrogens with one attached hydrogen (secondary N) is 1. The maximum absolute atomic E-state index is 11.4. The number of amides is 1. The molecule has 1 fully saturated rings. The van der Waals surface area contributed by atoms with Gasteiger partial charge in [0.25, 0.3) is 0 Å². The number of guanidine groups is 1. The van der Waals surface area contributed by atoms with E-state index in [0.717, 1.165) is 11.0 Å². The van der Waals surface area contributed by atoms with Crippen molar-refractivity contribution in [3.8, 4) is 0 Å². The van der Waals surface area contributed by atoms with Crippen molar-refractivity contribution in [2.24, 2.45) is 4.99 Å². The molecule has 1 N–H and O–H groups in total. The van der Waals surface area contributed by atoms with Gasteiger partial charge >= 0.3 is 0 Å². The van der Waals surface area contributed by atoms with Gasteiger partial charge in [0.15, 0.2) is 0 Å². The molecule has 0 spiro atoms.